The number of rotatable bonds is 4. The minimum absolute atomic E-state index is 0.403. The van der Waals surface area contributed by atoms with Gasteiger partial charge in [0.1, 0.15) is 5.75 Å². The molecule has 0 radical (unpaired) electrons. The van der Waals surface area contributed by atoms with Crippen molar-refractivity contribution in [2.45, 2.75) is 26.4 Å². The van der Waals surface area contributed by atoms with E-state index in [-0.39, 0.29) is 0 Å². The Bertz CT molecular complexity index is 1120. The lowest BCUT2D eigenvalue weighted by molar-refractivity contribution is 0.466. The van der Waals surface area contributed by atoms with Gasteiger partial charge in [0.15, 0.2) is 0 Å². The van der Waals surface area contributed by atoms with Crippen LogP contribution in [0.25, 0.3) is 21.9 Å². The summed E-state index contributed by atoms with van der Waals surface area (Å²) in [6.45, 7) is 3.92. The van der Waals surface area contributed by atoms with Crippen molar-refractivity contribution in [3.8, 4) is 16.9 Å². The molecule has 0 fully saturated rings. The highest BCUT2D eigenvalue weighted by Crippen LogP contribution is 2.28. The van der Waals surface area contributed by atoms with Crippen LogP contribution in [0, 0.1) is 13.8 Å². The summed E-state index contributed by atoms with van der Waals surface area (Å²) in [6, 6.07) is 26.3. The first kappa shape index (κ1) is 18.7. The van der Waals surface area contributed by atoms with Gasteiger partial charge in [-0.3, -0.25) is 0 Å². The number of benzene rings is 4. The zero-order valence-corrected chi connectivity index (χ0v) is 17.5. The molecule has 0 aliphatic rings. The van der Waals surface area contributed by atoms with E-state index in [0.29, 0.717) is 5.75 Å². The van der Waals surface area contributed by atoms with E-state index in [1.54, 1.807) is 0 Å². The maximum atomic E-state index is 9.99. The van der Waals surface area contributed by atoms with Gasteiger partial charge in [0.05, 0.1) is 0 Å². The van der Waals surface area contributed by atoms with Gasteiger partial charge < -0.3 is 5.11 Å². The van der Waals surface area contributed by atoms with Crippen LogP contribution in [0.1, 0.15) is 27.8 Å². The van der Waals surface area contributed by atoms with Gasteiger partial charge in [0, 0.05) is 0 Å². The van der Waals surface area contributed by atoms with Crippen LogP contribution in [-0.2, 0) is 12.6 Å². The van der Waals surface area contributed by atoms with Crippen molar-refractivity contribution in [3.63, 3.8) is 0 Å². The Balaban J connectivity index is 1.63. The third kappa shape index (κ3) is 3.81. The second kappa shape index (κ2) is 7.78. The first-order valence-electron chi connectivity index (χ1n) is 9.64. The van der Waals surface area contributed by atoms with Gasteiger partial charge in [-0.1, -0.05) is 66.7 Å². The lowest BCUT2D eigenvalue weighted by Crippen LogP contribution is -1.92. The molecule has 4 aromatic rings. The van der Waals surface area contributed by atoms with Crippen molar-refractivity contribution in [2.75, 3.05) is 0 Å². The Morgan fingerprint density at radius 3 is 1.89 bits per heavy atom. The number of phenols is 1. The zero-order valence-electron chi connectivity index (χ0n) is 16.4. The first-order chi connectivity index (χ1) is 13.5. The summed E-state index contributed by atoms with van der Waals surface area (Å²) in [4.78, 5) is 0. The molecule has 28 heavy (non-hydrogen) atoms. The summed E-state index contributed by atoms with van der Waals surface area (Å²) in [5.74, 6) is 0.403. The summed E-state index contributed by atoms with van der Waals surface area (Å²) < 4.78 is 0. The molecule has 1 nitrogen and oxygen atoms in total. The lowest BCUT2D eigenvalue weighted by atomic mass is 9.96. The van der Waals surface area contributed by atoms with Crippen molar-refractivity contribution < 1.29 is 5.11 Å². The zero-order chi connectivity index (χ0) is 19.7. The van der Waals surface area contributed by atoms with E-state index in [0.717, 1.165) is 23.7 Å². The van der Waals surface area contributed by atoms with Gasteiger partial charge in [-0.2, -0.15) is 0 Å². The summed E-state index contributed by atoms with van der Waals surface area (Å²) in [5, 5.41) is 12.5. The molecular weight excluding hydrogens is 359 g/mol. The van der Waals surface area contributed by atoms with E-state index < -0.39 is 0 Å². The Hall–Kier alpha value is -2.63. The van der Waals surface area contributed by atoms with Crippen molar-refractivity contribution in [1.29, 1.82) is 0 Å². The average molecular weight is 384 g/mol. The molecule has 0 aromatic heterocycles. The van der Waals surface area contributed by atoms with Gasteiger partial charge in [0.2, 0.25) is 0 Å². The highest BCUT2D eigenvalue weighted by Gasteiger charge is 2.06. The molecule has 2 heteroatoms. The molecule has 0 spiro atoms. The summed E-state index contributed by atoms with van der Waals surface area (Å²) >= 11 is 0. The van der Waals surface area contributed by atoms with Crippen LogP contribution in [0.15, 0.2) is 72.8 Å². The smallest absolute Gasteiger partial charge is 0.121 e. The van der Waals surface area contributed by atoms with Crippen LogP contribution in [-0.4, -0.2) is 5.11 Å². The standard InChI is InChI=1S/C26H25OP/c1-17-11-21(12-18(2)26(17)27)13-20-5-8-25-15-24(10-9-23(25)14-20)22-6-3-19(16-28)4-7-22/h3-12,14-15,27H,13,16,28H2,1-2H3. The molecule has 0 saturated heterocycles. The van der Waals surface area contributed by atoms with Crippen LogP contribution in [0.5, 0.6) is 5.75 Å². The Morgan fingerprint density at radius 1 is 0.643 bits per heavy atom. The molecule has 140 valence electrons. The maximum Gasteiger partial charge on any atom is 0.121 e. The molecule has 1 atom stereocenters. The number of phenolic OH excluding ortho intramolecular Hbond substituents is 1. The van der Waals surface area contributed by atoms with Crippen LogP contribution >= 0.6 is 9.24 Å². The van der Waals surface area contributed by atoms with E-state index in [9.17, 15) is 5.11 Å². The molecule has 0 amide bonds. The normalized spacial score (nSPS) is 11.1. The Morgan fingerprint density at radius 2 is 1.21 bits per heavy atom. The predicted octanol–water partition coefficient (Wildman–Crippen LogP) is 6.80. The van der Waals surface area contributed by atoms with Crippen LogP contribution in [0.3, 0.4) is 0 Å². The molecule has 0 saturated carbocycles. The summed E-state index contributed by atoms with van der Waals surface area (Å²) in [5.41, 5.74) is 8.23. The fourth-order valence-electron chi connectivity index (χ4n) is 3.80. The topological polar surface area (TPSA) is 20.2 Å². The van der Waals surface area contributed by atoms with Crippen LogP contribution in [0.4, 0.5) is 0 Å². The minimum atomic E-state index is 0.403. The van der Waals surface area contributed by atoms with Gasteiger partial charge in [0.25, 0.3) is 0 Å². The van der Waals surface area contributed by atoms with Gasteiger partial charge in [-0.25, -0.2) is 0 Å². The Labute approximate surface area is 169 Å². The van der Waals surface area contributed by atoms with Crippen molar-refractivity contribution in [2.24, 2.45) is 0 Å². The molecule has 0 aliphatic carbocycles. The number of hydrogen-bond donors (Lipinski definition) is 1. The largest absolute Gasteiger partial charge is 0.507 e. The fraction of sp³-hybridized carbons (Fsp3) is 0.154. The van der Waals surface area contributed by atoms with E-state index in [1.807, 2.05) is 13.8 Å². The lowest BCUT2D eigenvalue weighted by Gasteiger charge is -2.10. The first-order valence-corrected chi connectivity index (χ1v) is 10.5. The van der Waals surface area contributed by atoms with Gasteiger partial charge in [-0.15, -0.1) is 9.24 Å². The van der Waals surface area contributed by atoms with Crippen molar-refractivity contribution in [1.82, 2.24) is 0 Å². The third-order valence-electron chi connectivity index (χ3n) is 5.39. The summed E-state index contributed by atoms with van der Waals surface area (Å²) in [7, 11) is 2.77. The maximum absolute atomic E-state index is 9.99. The number of aryl methyl sites for hydroxylation is 2. The predicted molar refractivity (Wildman–Crippen MR) is 123 cm³/mol. The van der Waals surface area contributed by atoms with Crippen molar-refractivity contribution >= 4 is 20.0 Å². The molecular formula is C26H25OP. The second-order valence-corrected chi connectivity index (χ2v) is 7.96. The van der Waals surface area contributed by atoms with Crippen molar-refractivity contribution in [3.05, 3.63) is 101 Å². The highest BCUT2D eigenvalue weighted by atomic mass is 31.0. The molecule has 1 N–H and O–H groups in total. The van der Waals surface area contributed by atoms with E-state index in [2.05, 4.69) is 82.0 Å². The molecule has 0 heterocycles. The van der Waals surface area contributed by atoms with E-state index in [4.69, 9.17) is 0 Å². The SMILES string of the molecule is Cc1cc(Cc2ccc3cc(-c4ccc(CP)cc4)ccc3c2)cc(C)c1O. The quantitative estimate of drug-likeness (QED) is 0.384. The molecule has 0 bridgehead atoms. The number of fused-ring (bicyclic) bond motifs is 1. The van der Waals surface area contributed by atoms with E-state index in [1.165, 1.54) is 38.6 Å². The molecule has 4 rings (SSSR count). The monoisotopic (exact) mass is 384 g/mol. The van der Waals surface area contributed by atoms with Crippen LogP contribution in [0.2, 0.25) is 0 Å². The average Bonchev–Trinajstić information content (AvgIpc) is 2.71. The van der Waals surface area contributed by atoms with Crippen LogP contribution < -0.4 is 0 Å². The number of hydrogen-bond acceptors (Lipinski definition) is 1. The number of aromatic hydroxyl groups is 1. The summed E-state index contributed by atoms with van der Waals surface area (Å²) in [6.07, 6.45) is 1.86. The second-order valence-electron chi connectivity index (χ2n) is 7.55. The minimum Gasteiger partial charge on any atom is -0.507 e. The molecule has 0 aliphatic heterocycles. The van der Waals surface area contributed by atoms with Gasteiger partial charge >= 0.3 is 0 Å². The third-order valence-corrected chi connectivity index (χ3v) is 5.86. The highest BCUT2D eigenvalue weighted by molar-refractivity contribution is 7.15. The van der Waals surface area contributed by atoms with E-state index >= 15 is 0 Å². The fourth-order valence-corrected chi connectivity index (χ4v) is 4.07. The Kier molecular flexibility index (Phi) is 5.20. The van der Waals surface area contributed by atoms with Gasteiger partial charge in [-0.05, 0) is 82.2 Å². The molecule has 4 aromatic carbocycles. The molecule has 1 unspecified atom stereocenters.